The smallest absolute Gasteiger partial charge is 0.135 e. The van der Waals surface area contributed by atoms with Crippen LogP contribution in [0.4, 0.5) is 22.7 Å². The molecule has 0 spiro atoms. The van der Waals surface area contributed by atoms with Crippen LogP contribution in [0.2, 0.25) is 0 Å². The van der Waals surface area contributed by atoms with Crippen LogP contribution in [0.3, 0.4) is 0 Å². The molecule has 8 heteroatoms. The average Bonchev–Trinajstić information content (AvgIpc) is 1.60. The second kappa shape index (κ2) is 23.8. The Morgan fingerprint density at radius 3 is 1.63 bits per heavy atom. The summed E-state index contributed by atoms with van der Waals surface area (Å²) in [5.41, 5.74) is 24.5. The van der Waals surface area contributed by atoms with Gasteiger partial charge < -0.3 is 23.7 Å². The molecule has 7 nitrogen and oxygen atoms in total. The van der Waals surface area contributed by atoms with E-state index in [-0.39, 0.29) is 21.1 Å². The molecular formula is C84H59N6OPt-3. The number of ether oxygens (including phenoxy) is 1. The minimum Gasteiger partial charge on any atom is -0.509 e. The maximum absolute atomic E-state index is 7.33. The SMILES string of the molecule is Cc1cc(-n2c3[c-]c(Oc4[c-]c(N5[CH-]N(c6c(-c7ccccc7)cccc6-c6ccccc6)c6cc7c(cc65)nc5n7CCCC5)cc(-c5c(-c6ccccc6)cccc5-c5ccccc5)c4)ccc3c3ccccc32)ncc1-c1ccc(-c2ccccc2)cc1.[Pt]. The second-order valence-electron chi connectivity index (χ2n) is 23.7. The molecule has 17 rings (SSSR count). The fourth-order valence-corrected chi connectivity index (χ4v) is 13.9. The summed E-state index contributed by atoms with van der Waals surface area (Å²) in [5, 5.41) is 2.15. The third-order valence-corrected chi connectivity index (χ3v) is 18.2. The monoisotopic (exact) mass is 1360 g/mol. The Balaban J connectivity index is 0.00000673. The number of pyridine rings is 1. The average molecular weight is 1360 g/mol. The van der Waals surface area contributed by atoms with Crippen molar-refractivity contribution in [3.63, 3.8) is 0 Å². The molecule has 0 saturated carbocycles. The fraction of sp³-hybridized carbons (Fsp3) is 0.0595. The van der Waals surface area contributed by atoms with Crippen LogP contribution in [0.25, 0.3) is 117 Å². The number of fused-ring (bicyclic) bond motifs is 7. The zero-order valence-corrected chi connectivity index (χ0v) is 52.7. The standard InChI is InChI=1S/C84H59N6O.Pt/c1-56-47-82(85-54-74(56)63-42-40-58(41-43-63)57-23-7-2-8-24-57)90-76-38-18-17-33-72(76)73-45-44-66(51-77(73)90)91-67-49-64(83-68(59-25-9-3-10-26-59)34-21-35-69(83)60-27-11-4-12-28-60)48-65(50-67)88-55-89(80-53-78-75(52-79(80)88)86-81-39-19-20-46-87(78)81)84-70(61-29-13-5-14-30-61)36-22-37-71(84)62-31-15-6-16-32-62;/h2-18,21-38,40-45,47-49,52-55H,19-20,39,46H2,1H3;/q-3;. The van der Waals surface area contributed by atoms with Gasteiger partial charge in [-0.05, 0) is 111 Å². The number of aryl methyl sites for hydroxylation is 3. The Hall–Kier alpha value is -10.9. The molecule has 5 heterocycles. The first-order chi connectivity index (χ1) is 45.0. The van der Waals surface area contributed by atoms with E-state index in [9.17, 15) is 0 Å². The van der Waals surface area contributed by atoms with Crippen LogP contribution >= 0.6 is 0 Å². The van der Waals surface area contributed by atoms with Gasteiger partial charge in [0.1, 0.15) is 11.6 Å². The largest absolute Gasteiger partial charge is 0.509 e. The molecule has 0 atom stereocenters. The van der Waals surface area contributed by atoms with E-state index >= 15 is 0 Å². The van der Waals surface area contributed by atoms with Gasteiger partial charge in [-0.2, -0.15) is 6.07 Å². The van der Waals surface area contributed by atoms with Gasteiger partial charge in [-0.15, -0.1) is 53.6 Å². The van der Waals surface area contributed by atoms with E-state index < -0.39 is 0 Å². The van der Waals surface area contributed by atoms with E-state index in [4.69, 9.17) is 14.7 Å². The van der Waals surface area contributed by atoms with Crippen LogP contribution in [0, 0.1) is 25.7 Å². The van der Waals surface area contributed by atoms with Crippen LogP contribution in [-0.4, -0.2) is 19.1 Å². The first-order valence-electron chi connectivity index (χ1n) is 31.3. The summed E-state index contributed by atoms with van der Waals surface area (Å²) >= 11 is 0. The Morgan fingerprint density at radius 1 is 0.435 bits per heavy atom. The maximum atomic E-state index is 7.33. The third-order valence-electron chi connectivity index (χ3n) is 18.2. The number of anilines is 4. The minimum atomic E-state index is 0. The van der Waals surface area contributed by atoms with Crippen molar-refractivity contribution in [2.45, 2.75) is 32.7 Å². The molecule has 0 radical (unpaired) electrons. The molecule has 15 aromatic rings. The number of nitrogens with zero attached hydrogens (tertiary/aromatic N) is 6. The number of benzene rings is 12. The van der Waals surface area contributed by atoms with Gasteiger partial charge in [0.2, 0.25) is 0 Å². The van der Waals surface area contributed by atoms with E-state index in [0.717, 1.165) is 165 Å². The Morgan fingerprint density at radius 2 is 0.989 bits per heavy atom. The summed E-state index contributed by atoms with van der Waals surface area (Å²) in [7, 11) is 0. The normalized spacial score (nSPS) is 12.7. The number of imidazole rings is 1. The second-order valence-corrected chi connectivity index (χ2v) is 23.7. The number of rotatable bonds is 12. The van der Waals surface area contributed by atoms with Gasteiger partial charge in [-0.3, -0.25) is 0 Å². The van der Waals surface area contributed by atoms with Gasteiger partial charge in [0.25, 0.3) is 0 Å². The summed E-state index contributed by atoms with van der Waals surface area (Å²) in [6.07, 6.45) is 5.20. The van der Waals surface area contributed by atoms with Crippen LogP contribution in [-0.2, 0) is 34.0 Å². The van der Waals surface area contributed by atoms with E-state index in [1.165, 1.54) is 11.1 Å². The van der Waals surface area contributed by atoms with Crippen molar-refractivity contribution in [3.05, 3.63) is 315 Å². The van der Waals surface area contributed by atoms with Crippen LogP contribution in [0.15, 0.2) is 285 Å². The molecule has 2 aliphatic rings. The predicted molar refractivity (Wildman–Crippen MR) is 373 cm³/mol. The molecule has 0 fully saturated rings. The number of aromatic nitrogens is 4. The van der Waals surface area contributed by atoms with Gasteiger partial charge in [-0.25, -0.2) is 9.97 Å². The van der Waals surface area contributed by atoms with Gasteiger partial charge in [0.15, 0.2) is 0 Å². The van der Waals surface area contributed by atoms with E-state index in [1.54, 1.807) is 0 Å². The number of para-hydroxylation sites is 2. The maximum Gasteiger partial charge on any atom is 0.135 e. The topological polar surface area (TPSA) is 51.4 Å². The summed E-state index contributed by atoms with van der Waals surface area (Å²) in [4.78, 5) is 15.3. The molecule has 0 amide bonds. The number of hydrogen-bond acceptors (Lipinski definition) is 5. The van der Waals surface area contributed by atoms with Crippen molar-refractivity contribution in [1.29, 1.82) is 0 Å². The number of hydrogen-bond donors (Lipinski definition) is 0. The molecule has 12 aromatic carbocycles. The fourth-order valence-electron chi connectivity index (χ4n) is 13.9. The summed E-state index contributed by atoms with van der Waals surface area (Å²) in [6.45, 7) is 5.36. The molecule has 0 unspecified atom stereocenters. The quantitative estimate of drug-likeness (QED) is 0.114. The summed E-state index contributed by atoms with van der Waals surface area (Å²) < 4.78 is 12.0. The van der Waals surface area contributed by atoms with Gasteiger partial charge in [0, 0.05) is 91.0 Å². The molecule has 92 heavy (non-hydrogen) atoms. The Labute approximate surface area is 550 Å². The molecule has 0 aliphatic carbocycles. The Bertz CT molecular complexity index is 5130. The first-order valence-corrected chi connectivity index (χ1v) is 31.3. The van der Waals surface area contributed by atoms with Gasteiger partial charge in [0.05, 0.1) is 11.0 Å². The van der Waals surface area contributed by atoms with Crippen LogP contribution in [0.5, 0.6) is 11.5 Å². The molecular weight excluding hydrogens is 1300 g/mol. The van der Waals surface area contributed by atoms with E-state index in [0.29, 0.717) is 11.5 Å². The van der Waals surface area contributed by atoms with Crippen LogP contribution < -0.4 is 14.5 Å². The van der Waals surface area contributed by atoms with Crippen molar-refractivity contribution in [1.82, 2.24) is 19.1 Å². The molecule has 0 saturated heterocycles. The van der Waals surface area contributed by atoms with Crippen molar-refractivity contribution >= 4 is 55.6 Å². The molecule has 0 bridgehead atoms. The predicted octanol–water partition coefficient (Wildman–Crippen LogP) is 21.6. The van der Waals surface area contributed by atoms with Crippen molar-refractivity contribution in [3.8, 4) is 95.2 Å². The molecule has 444 valence electrons. The summed E-state index contributed by atoms with van der Waals surface area (Å²) in [6, 6.07) is 107. The van der Waals surface area contributed by atoms with Gasteiger partial charge >= 0.3 is 0 Å². The van der Waals surface area contributed by atoms with Crippen LogP contribution in [0.1, 0.15) is 24.2 Å². The van der Waals surface area contributed by atoms with Crippen molar-refractivity contribution in [2.75, 3.05) is 9.80 Å². The zero-order chi connectivity index (χ0) is 60.4. The van der Waals surface area contributed by atoms with E-state index in [2.05, 4.69) is 318 Å². The third kappa shape index (κ3) is 10.1. The molecule has 2 aliphatic heterocycles. The van der Waals surface area contributed by atoms with Crippen molar-refractivity contribution < 1.29 is 25.8 Å². The zero-order valence-electron chi connectivity index (χ0n) is 50.4. The van der Waals surface area contributed by atoms with Gasteiger partial charge in [-0.1, -0.05) is 236 Å². The van der Waals surface area contributed by atoms with E-state index in [1.807, 2.05) is 12.3 Å². The van der Waals surface area contributed by atoms with Crippen molar-refractivity contribution in [2.24, 2.45) is 0 Å². The minimum absolute atomic E-state index is 0. The molecule has 3 aromatic heterocycles. The summed E-state index contributed by atoms with van der Waals surface area (Å²) in [5.74, 6) is 3.01. The molecule has 0 N–H and O–H groups in total. The first kappa shape index (κ1) is 56.4. The Kier molecular flexibility index (Phi) is 14.6.